The number of morpholine rings is 1. The number of aromatic hydroxyl groups is 2. The van der Waals surface area contributed by atoms with Crippen LogP contribution < -0.4 is 5.73 Å². The zero-order valence-electron chi connectivity index (χ0n) is 19.4. The van der Waals surface area contributed by atoms with Gasteiger partial charge < -0.3 is 30.9 Å². The molecular weight excluding hydrogens is 468 g/mol. The second-order valence-electron chi connectivity index (χ2n) is 10.1. The third kappa shape index (κ3) is 2.98. The van der Waals surface area contributed by atoms with E-state index in [0.29, 0.717) is 37.3 Å². The van der Waals surface area contributed by atoms with Crippen LogP contribution in [-0.4, -0.2) is 80.7 Å². The van der Waals surface area contributed by atoms with Crippen molar-refractivity contribution in [1.82, 2.24) is 4.90 Å². The van der Waals surface area contributed by atoms with Gasteiger partial charge in [0, 0.05) is 19.0 Å². The molecule has 0 radical (unpaired) electrons. The molecule has 2 aromatic carbocycles. The topological polar surface area (TPSA) is 171 Å². The maximum absolute atomic E-state index is 13.9. The number of primary amides is 1. The molecule has 1 heterocycles. The highest BCUT2D eigenvalue weighted by Crippen LogP contribution is 2.52. The summed E-state index contributed by atoms with van der Waals surface area (Å²) in [7, 11) is 0. The molecular formula is C26H26N2O8. The lowest BCUT2D eigenvalue weighted by Crippen LogP contribution is -2.66. The van der Waals surface area contributed by atoms with Crippen molar-refractivity contribution in [2.24, 2.45) is 11.7 Å². The van der Waals surface area contributed by atoms with Gasteiger partial charge in [-0.3, -0.25) is 19.3 Å². The van der Waals surface area contributed by atoms with E-state index in [2.05, 4.69) is 0 Å². The third-order valence-corrected chi connectivity index (χ3v) is 8.12. The Kier molecular flexibility index (Phi) is 4.95. The Hall–Kier alpha value is -3.47. The number of hydrogen-bond acceptors (Lipinski definition) is 9. The lowest BCUT2D eigenvalue weighted by atomic mass is 9.61. The summed E-state index contributed by atoms with van der Waals surface area (Å²) in [4.78, 5) is 41.3. The largest absolute Gasteiger partial charge is 0.508 e. The molecule has 0 bridgehead atoms. The molecule has 1 saturated heterocycles. The van der Waals surface area contributed by atoms with Crippen LogP contribution >= 0.6 is 0 Å². The van der Waals surface area contributed by atoms with E-state index in [9.17, 15) is 34.8 Å². The summed E-state index contributed by atoms with van der Waals surface area (Å²) in [5.41, 5.74) is 3.01. The summed E-state index contributed by atoms with van der Waals surface area (Å²) in [6.07, 6.45) is 1.91. The highest BCUT2D eigenvalue weighted by molar-refractivity contribution is 6.25. The zero-order valence-corrected chi connectivity index (χ0v) is 19.4. The average molecular weight is 495 g/mol. The zero-order chi connectivity index (χ0) is 25.5. The van der Waals surface area contributed by atoms with E-state index in [0.717, 1.165) is 18.4 Å². The number of aliphatic hydroxyl groups excluding tert-OH is 1. The van der Waals surface area contributed by atoms with Crippen molar-refractivity contribution in [3.8, 4) is 11.5 Å². The van der Waals surface area contributed by atoms with Crippen molar-refractivity contribution < 1.29 is 39.5 Å². The minimum atomic E-state index is -2.66. The van der Waals surface area contributed by atoms with Crippen molar-refractivity contribution in [2.45, 2.75) is 36.8 Å². The van der Waals surface area contributed by atoms with Crippen LogP contribution in [0.1, 0.15) is 40.2 Å². The van der Waals surface area contributed by atoms with Crippen molar-refractivity contribution in [2.75, 3.05) is 26.3 Å². The molecule has 6 N–H and O–H groups in total. The van der Waals surface area contributed by atoms with Gasteiger partial charge in [-0.2, -0.15) is 0 Å². The highest BCUT2D eigenvalue weighted by atomic mass is 16.5. The van der Waals surface area contributed by atoms with Gasteiger partial charge in [0.25, 0.3) is 5.91 Å². The smallest absolute Gasteiger partial charge is 0.255 e. The van der Waals surface area contributed by atoms with Crippen LogP contribution in [0, 0.1) is 5.92 Å². The number of amides is 1. The lowest BCUT2D eigenvalue weighted by Gasteiger charge is -2.49. The fraction of sp³-hybridized carbons (Fsp3) is 0.423. The van der Waals surface area contributed by atoms with E-state index in [1.165, 1.54) is 6.07 Å². The summed E-state index contributed by atoms with van der Waals surface area (Å²) in [5, 5.41) is 45.2. The van der Waals surface area contributed by atoms with Gasteiger partial charge in [0.05, 0.1) is 30.2 Å². The minimum Gasteiger partial charge on any atom is -0.508 e. The number of nitrogens with two attached hydrogens (primary N) is 1. The fourth-order valence-electron chi connectivity index (χ4n) is 6.24. The Morgan fingerprint density at radius 3 is 2.44 bits per heavy atom. The normalized spacial score (nSPS) is 28.8. The average Bonchev–Trinajstić information content (AvgIpc) is 3.67. The van der Waals surface area contributed by atoms with Crippen LogP contribution in [0.4, 0.5) is 0 Å². The van der Waals surface area contributed by atoms with Crippen LogP contribution in [0.2, 0.25) is 0 Å². The number of ether oxygens (including phenoxy) is 1. The maximum atomic E-state index is 13.9. The molecule has 3 atom stereocenters. The Morgan fingerprint density at radius 1 is 1.11 bits per heavy atom. The van der Waals surface area contributed by atoms with Gasteiger partial charge in [-0.05, 0) is 53.8 Å². The molecule has 10 heteroatoms. The maximum Gasteiger partial charge on any atom is 0.255 e. The number of fused-ring (bicyclic) bond motifs is 3. The molecule has 0 aromatic heterocycles. The number of carbonyl (C=O) groups is 3. The van der Waals surface area contributed by atoms with Crippen molar-refractivity contribution >= 4 is 28.2 Å². The van der Waals surface area contributed by atoms with Gasteiger partial charge in [-0.15, -0.1) is 0 Å². The lowest BCUT2D eigenvalue weighted by molar-refractivity contribution is -0.136. The second-order valence-corrected chi connectivity index (χ2v) is 10.1. The molecule has 2 aromatic rings. The first-order chi connectivity index (χ1) is 17.2. The van der Waals surface area contributed by atoms with Gasteiger partial charge in [0.15, 0.2) is 11.4 Å². The molecule has 188 valence electrons. The summed E-state index contributed by atoms with van der Waals surface area (Å²) >= 11 is 0. The first kappa shape index (κ1) is 23.0. The molecule has 1 saturated carbocycles. The van der Waals surface area contributed by atoms with Crippen LogP contribution in [0.15, 0.2) is 29.5 Å². The SMILES string of the molecule is NC(=O)C1=C(O)C2(O)C(=O)c3c(cc4c(C5CC5)ccc(O)c4c3O)CC2C(N2CCOCC2)C1=O. The number of phenols is 2. The Morgan fingerprint density at radius 2 is 1.81 bits per heavy atom. The van der Waals surface area contributed by atoms with E-state index < -0.39 is 52.1 Å². The van der Waals surface area contributed by atoms with E-state index >= 15 is 0 Å². The van der Waals surface area contributed by atoms with Gasteiger partial charge in [-0.1, -0.05) is 6.07 Å². The molecule has 2 fully saturated rings. The van der Waals surface area contributed by atoms with E-state index in [1.807, 2.05) is 0 Å². The number of nitrogens with zero attached hydrogens (tertiary/aromatic N) is 1. The molecule has 4 aliphatic rings. The van der Waals surface area contributed by atoms with Crippen molar-refractivity contribution in [3.05, 3.63) is 46.2 Å². The monoisotopic (exact) mass is 494 g/mol. The number of hydrogen-bond donors (Lipinski definition) is 5. The molecule has 6 rings (SSSR count). The number of rotatable bonds is 3. The quantitative estimate of drug-likeness (QED) is 0.387. The first-order valence-corrected chi connectivity index (χ1v) is 12.0. The highest BCUT2D eigenvalue weighted by Gasteiger charge is 2.62. The number of aliphatic hydroxyl groups is 2. The Labute approximate surface area is 205 Å². The molecule has 3 unspecified atom stereocenters. The number of ketones is 2. The number of Topliss-reactive ketones (excluding diaryl/α,β-unsaturated/α-hetero) is 2. The van der Waals surface area contributed by atoms with Gasteiger partial charge in [-0.25, -0.2) is 0 Å². The molecule has 3 aliphatic carbocycles. The standard InChI is InChI=1S/C26H26N2O8/c27-25(34)19-22(31)20(28-5-7-36-8-6-28)15-10-12-9-14-13(11-1-2-11)3-4-16(29)18(14)21(30)17(12)23(32)26(15,35)24(19)33/h3-4,9,11,15,20,29-30,33,35H,1-2,5-8,10H2,(H2,27,34). The van der Waals surface area contributed by atoms with Crippen LogP contribution in [0.3, 0.4) is 0 Å². The Bertz CT molecular complexity index is 1390. The molecule has 1 aliphatic heterocycles. The van der Waals surface area contributed by atoms with E-state index in [4.69, 9.17) is 10.5 Å². The summed E-state index contributed by atoms with van der Waals surface area (Å²) in [6, 6.07) is 3.87. The fourth-order valence-corrected chi connectivity index (χ4v) is 6.24. The Balaban J connectivity index is 1.60. The summed E-state index contributed by atoms with van der Waals surface area (Å²) in [6.45, 7) is 1.27. The van der Waals surface area contributed by atoms with Crippen molar-refractivity contribution in [1.29, 1.82) is 0 Å². The molecule has 0 spiro atoms. The van der Waals surface area contributed by atoms with Crippen LogP contribution in [0.5, 0.6) is 11.5 Å². The van der Waals surface area contributed by atoms with E-state index in [-0.39, 0.29) is 29.0 Å². The first-order valence-electron chi connectivity index (χ1n) is 12.0. The summed E-state index contributed by atoms with van der Waals surface area (Å²) in [5.74, 6) is -5.74. The molecule has 1 amide bonds. The van der Waals surface area contributed by atoms with E-state index in [1.54, 1.807) is 17.0 Å². The van der Waals surface area contributed by atoms with Gasteiger partial charge in [0.2, 0.25) is 5.78 Å². The number of phenolic OH excluding ortho intramolecular Hbond substituents is 2. The number of carbonyl (C=O) groups excluding carboxylic acids is 3. The van der Waals surface area contributed by atoms with Crippen LogP contribution in [0.25, 0.3) is 10.8 Å². The van der Waals surface area contributed by atoms with Crippen LogP contribution in [-0.2, 0) is 20.7 Å². The van der Waals surface area contributed by atoms with Gasteiger partial charge >= 0.3 is 0 Å². The van der Waals surface area contributed by atoms with Gasteiger partial charge in [0.1, 0.15) is 22.8 Å². The summed E-state index contributed by atoms with van der Waals surface area (Å²) < 4.78 is 5.38. The molecule has 10 nitrogen and oxygen atoms in total. The molecule has 36 heavy (non-hydrogen) atoms. The predicted octanol–water partition coefficient (Wildman–Crippen LogP) is 0.795. The minimum absolute atomic E-state index is 0.0370. The second kappa shape index (κ2) is 7.76. The van der Waals surface area contributed by atoms with Crippen molar-refractivity contribution in [3.63, 3.8) is 0 Å². The number of benzene rings is 2. The third-order valence-electron chi connectivity index (χ3n) is 8.12. The predicted molar refractivity (Wildman–Crippen MR) is 126 cm³/mol.